The average molecular weight is 1880 g/mol. The molecule has 8 N–H and O–H groups in total. The Morgan fingerprint density at radius 1 is 0.307 bits per heavy atom. The average Bonchev–Trinajstić information content (AvgIpc) is 1.64. The van der Waals surface area contributed by atoms with Crippen LogP contribution in [0.5, 0.6) is 0 Å². The number of carbonyl (C=O) groups is 4. The second-order valence-corrected chi connectivity index (χ2v) is 36.8. The lowest BCUT2D eigenvalue weighted by molar-refractivity contribution is 0.101. The smallest absolute Gasteiger partial charge is 0.276 e. The number of fused-ring (bicyclic) bond motifs is 4. The number of benzene rings is 6. The number of nitrogens with one attached hydrogen (secondary N) is 8. The quantitative estimate of drug-likeness (QED) is 0.0250. The Morgan fingerprint density at radius 3 is 0.886 bits per heavy atom. The van der Waals surface area contributed by atoms with E-state index in [2.05, 4.69) is 192 Å². The first kappa shape index (κ1) is 99.7. The predicted octanol–water partition coefficient (Wildman–Crippen LogP) is 17.0. The van der Waals surface area contributed by atoms with E-state index in [1.807, 2.05) is 227 Å². The van der Waals surface area contributed by atoms with Crippen molar-refractivity contribution < 1.29 is 23.9 Å². The van der Waals surface area contributed by atoms with Gasteiger partial charge in [0.15, 0.2) is 22.8 Å². The number of morpholine rings is 1. The highest BCUT2D eigenvalue weighted by Gasteiger charge is 2.25. The molecular formula is C108H127N27O5. The van der Waals surface area contributed by atoms with Crippen LogP contribution in [0.2, 0.25) is 0 Å². The number of H-pyrrole nitrogens is 4. The van der Waals surface area contributed by atoms with Crippen molar-refractivity contribution in [3.05, 3.63) is 288 Å². The Bertz CT molecular complexity index is 6850. The van der Waals surface area contributed by atoms with Crippen molar-refractivity contribution in [3.8, 4) is 44.5 Å². The van der Waals surface area contributed by atoms with Crippen molar-refractivity contribution in [1.82, 2.24) is 105 Å². The van der Waals surface area contributed by atoms with Crippen LogP contribution < -0.4 is 31.1 Å². The lowest BCUT2D eigenvalue weighted by Crippen LogP contribution is -2.44. The van der Waals surface area contributed by atoms with Gasteiger partial charge in [-0.15, -0.1) is 0 Å². The van der Waals surface area contributed by atoms with Gasteiger partial charge in [-0.2, -0.15) is 20.4 Å². The standard InChI is InChI=1S/C28H32N6O.C27H30N6O.C26H30N8O.C25H27N7O2.2CH4/c1-33(2)18-21-14-23(17-29-16-21)22-8-11-26-25(15-22)27(32-31-26)28(35)30-24-9-6-20(7-10-24)19-34-12-4-3-5-13-34;1-32(2)17-20-13-22(16-28-15-20)21-7-10-25-24(14-21)26(31-30-25)27(34)29-23-8-5-19(6-9-23)18-33-11-3-4-12-33;1-32(2)17-18-12-20(15-27-14-18)19-4-6-23-22(13-19)25(31-30-23)26(35)29-21-5-7-24(28-16-21)34-10-8-33(3)9-11-34;1-31(2)16-17-11-19(14-26-13-17)18-3-5-22-21(12-18)24(30-29-22)25(33)28-20-4-6-23(27-15-20)32-7-9-34-10-8-32;;/h6-11,14-17H,3-5,12-13,18-19H2,1-2H3,(H,30,35)(H,31,32);5-10,13-16H,3-4,11-12,17-18H2,1-2H3,(H,29,34)(H,30,31);4-7,12-16H,8-11,17H2,1-3H3,(H,29,35)(H,30,31);3-6,11-15H,7-10,16H2,1-2H3,(H,28,33)(H,29,30);2*1H4. The van der Waals surface area contributed by atoms with E-state index < -0.39 is 0 Å². The van der Waals surface area contributed by atoms with Crippen LogP contribution in [0.25, 0.3) is 88.1 Å². The van der Waals surface area contributed by atoms with E-state index in [1.165, 1.54) is 69.4 Å². The monoisotopic (exact) mass is 1880 g/mol. The SMILES string of the molecule is C.C.CN(C)Cc1cncc(-c2ccc3[nH]nc(C(=O)Nc4ccc(CN5CCCC5)cc4)c3c2)c1.CN(C)Cc1cncc(-c2ccc3[nH]nc(C(=O)Nc4ccc(CN5CCCCC5)cc4)c3c2)c1.CN(C)Cc1cncc(-c2ccc3[nH]nc(C(=O)Nc4ccc(N5CCN(C)CC5)nc4)c3c2)c1.CN(C)Cc1cncc(-c2ccc3[nH]nc(C(=O)Nc4ccc(N5CCOCC5)nc4)c3c2)c1. The highest BCUT2D eigenvalue weighted by Crippen LogP contribution is 2.34. The van der Waals surface area contributed by atoms with Crippen molar-refractivity contribution in [2.24, 2.45) is 0 Å². The van der Waals surface area contributed by atoms with Gasteiger partial charge in [0.05, 0.1) is 59.0 Å². The third-order valence-corrected chi connectivity index (χ3v) is 24.7. The van der Waals surface area contributed by atoms with Crippen LogP contribution in [0, 0.1) is 0 Å². The summed E-state index contributed by atoms with van der Waals surface area (Å²) in [5, 5.41) is 44.0. The molecule has 4 aliphatic rings. The summed E-state index contributed by atoms with van der Waals surface area (Å²) in [5.41, 5.74) is 22.6. The Morgan fingerprint density at radius 2 is 0.593 bits per heavy atom. The molecule has 0 radical (unpaired) electrons. The molecule has 16 aromatic rings. The van der Waals surface area contributed by atoms with Gasteiger partial charge in [-0.25, -0.2) is 9.97 Å². The molecule has 4 aliphatic heterocycles. The largest absolute Gasteiger partial charge is 0.378 e. The van der Waals surface area contributed by atoms with E-state index in [0.717, 1.165) is 212 Å². The van der Waals surface area contributed by atoms with Crippen molar-refractivity contribution in [3.63, 3.8) is 0 Å². The molecule has 0 spiro atoms. The third-order valence-electron chi connectivity index (χ3n) is 24.7. The molecule has 0 aliphatic carbocycles. The van der Waals surface area contributed by atoms with Gasteiger partial charge in [0.25, 0.3) is 23.6 Å². The van der Waals surface area contributed by atoms with Gasteiger partial charge in [-0.1, -0.05) is 69.8 Å². The number of likely N-dealkylation sites (tertiary alicyclic amines) is 2. The van der Waals surface area contributed by atoms with Gasteiger partial charge < -0.3 is 60.3 Å². The van der Waals surface area contributed by atoms with Gasteiger partial charge in [-0.3, -0.25) is 69.3 Å². The number of aromatic amines is 4. The van der Waals surface area contributed by atoms with Crippen molar-refractivity contribution in [1.29, 1.82) is 0 Å². The maximum atomic E-state index is 13.1. The van der Waals surface area contributed by atoms with E-state index in [-0.39, 0.29) is 38.5 Å². The molecule has 6 aromatic carbocycles. The summed E-state index contributed by atoms with van der Waals surface area (Å²) in [6, 6.07) is 56.2. The number of aromatic nitrogens is 14. The van der Waals surface area contributed by atoms with Crippen LogP contribution in [0.15, 0.2) is 232 Å². The van der Waals surface area contributed by atoms with E-state index in [4.69, 9.17) is 4.74 Å². The molecule has 32 heteroatoms. The molecule has 0 unspecified atom stereocenters. The number of piperidine rings is 1. The maximum absolute atomic E-state index is 13.1. The lowest BCUT2D eigenvalue weighted by Gasteiger charge is -2.33. The topological polar surface area (TPSA) is 347 Å². The van der Waals surface area contributed by atoms with Crippen LogP contribution in [-0.2, 0) is 44.0 Å². The molecule has 140 heavy (non-hydrogen) atoms. The predicted molar refractivity (Wildman–Crippen MR) is 560 cm³/mol. The van der Waals surface area contributed by atoms with E-state index in [1.54, 1.807) is 12.4 Å². The fourth-order valence-corrected chi connectivity index (χ4v) is 17.7. The molecular weight excluding hydrogens is 1760 g/mol. The molecule has 724 valence electrons. The van der Waals surface area contributed by atoms with Crippen LogP contribution in [0.3, 0.4) is 0 Å². The van der Waals surface area contributed by atoms with Gasteiger partial charge >= 0.3 is 0 Å². The number of ether oxygens (including phenoxy) is 1. The molecule has 0 bridgehead atoms. The lowest BCUT2D eigenvalue weighted by atomic mass is 10.0. The first-order valence-electron chi connectivity index (χ1n) is 47.0. The number of amides is 4. The molecule has 0 saturated carbocycles. The maximum Gasteiger partial charge on any atom is 0.276 e. The Labute approximate surface area is 817 Å². The zero-order valence-corrected chi connectivity index (χ0v) is 79.7. The second-order valence-electron chi connectivity index (χ2n) is 36.8. The summed E-state index contributed by atoms with van der Waals surface area (Å²) in [4.78, 5) is 99.0. The highest BCUT2D eigenvalue weighted by molar-refractivity contribution is 6.14. The van der Waals surface area contributed by atoms with E-state index in [9.17, 15) is 19.2 Å². The first-order chi connectivity index (χ1) is 67.1. The number of hydrogen-bond donors (Lipinski definition) is 8. The number of anilines is 6. The minimum Gasteiger partial charge on any atom is -0.378 e. The normalized spacial score (nSPS) is 14.1. The zero-order chi connectivity index (χ0) is 95.5. The molecule has 4 amide bonds. The minimum absolute atomic E-state index is 0. The molecule has 20 rings (SSSR count). The fourth-order valence-electron chi connectivity index (χ4n) is 17.7. The Hall–Kier alpha value is -14.7. The molecule has 32 nitrogen and oxygen atoms in total. The summed E-state index contributed by atoms with van der Waals surface area (Å²) < 4.78 is 5.39. The second kappa shape index (κ2) is 47.1. The van der Waals surface area contributed by atoms with E-state index >= 15 is 0 Å². The number of nitrogens with zero attached hydrogens (tertiary/aromatic N) is 19. The van der Waals surface area contributed by atoms with Crippen LogP contribution in [0.1, 0.15) is 122 Å². The van der Waals surface area contributed by atoms with Gasteiger partial charge in [0.2, 0.25) is 0 Å². The Balaban J connectivity index is 0.000000141. The summed E-state index contributed by atoms with van der Waals surface area (Å²) in [6.07, 6.45) is 24.7. The number of pyridine rings is 6. The summed E-state index contributed by atoms with van der Waals surface area (Å²) in [6.45, 7) is 16.8. The van der Waals surface area contributed by atoms with Crippen molar-refractivity contribution in [2.75, 3.05) is 173 Å². The van der Waals surface area contributed by atoms with Crippen LogP contribution >= 0.6 is 0 Å². The van der Waals surface area contributed by atoms with Gasteiger partial charge in [0.1, 0.15) is 11.6 Å². The van der Waals surface area contributed by atoms with Gasteiger partial charge in [0, 0.05) is 183 Å². The van der Waals surface area contributed by atoms with Crippen LogP contribution in [-0.4, -0.2) is 271 Å². The number of piperazine rings is 1. The fraction of sp³-hybridized carbons (Fsp3) is 0.315. The van der Waals surface area contributed by atoms with Crippen LogP contribution in [0.4, 0.5) is 34.4 Å². The zero-order valence-electron chi connectivity index (χ0n) is 79.7. The molecule has 14 heterocycles. The summed E-state index contributed by atoms with van der Waals surface area (Å²) >= 11 is 0. The first-order valence-corrected chi connectivity index (χ1v) is 47.0. The summed E-state index contributed by atoms with van der Waals surface area (Å²) in [5.74, 6) is 0.787. The van der Waals surface area contributed by atoms with Gasteiger partial charge in [-0.05, 0) is 292 Å². The van der Waals surface area contributed by atoms with E-state index in [0.29, 0.717) is 47.4 Å². The number of rotatable bonds is 26. The highest BCUT2D eigenvalue weighted by atomic mass is 16.5. The summed E-state index contributed by atoms with van der Waals surface area (Å²) in [7, 11) is 18.4. The molecule has 4 fully saturated rings. The molecule has 0 atom stereocenters. The Kier molecular flexibility index (Phi) is 33.5. The number of hydrogen-bond acceptors (Lipinski definition) is 24. The number of carbonyl (C=O) groups excluding carboxylic acids is 4. The third kappa shape index (κ3) is 26.0. The molecule has 4 saturated heterocycles. The van der Waals surface area contributed by atoms with Crippen molar-refractivity contribution >= 4 is 102 Å². The number of likely N-dealkylation sites (N-methyl/N-ethyl adjacent to an activating group) is 1. The minimum atomic E-state index is -0.288. The molecule has 10 aromatic heterocycles. The van der Waals surface area contributed by atoms with Crippen molar-refractivity contribution in [2.45, 2.75) is 86.2 Å².